The maximum Gasteiger partial charge on any atom is 0.222 e. The number of aliphatic hydroxyl groups excluding tert-OH is 1. The lowest BCUT2D eigenvalue weighted by molar-refractivity contribution is -0.130. The van der Waals surface area contributed by atoms with Crippen molar-refractivity contribution in [2.75, 3.05) is 13.1 Å². The summed E-state index contributed by atoms with van der Waals surface area (Å²) in [5, 5.41) is 11.6. The zero-order chi connectivity index (χ0) is 17.9. The van der Waals surface area contributed by atoms with Gasteiger partial charge >= 0.3 is 0 Å². The molecular formula is C22H28N2O2. The number of carbonyl (C=O) groups excluding carboxylic acids is 1. The van der Waals surface area contributed by atoms with Gasteiger partial charge in [0.1, 0.15) is 0 Å². The Morgan fingerprint density at radius 1 is 1.12 bits per heavy atom. The Labute approximate surface area is 155 Å². The van der Waals surface area contributed by atoms with Crippen molar-refractivity contribution in [3.05, 3.63) is 42.1 Å². The first-order valence-electron chi connectivity index (χ1n) is 9.99. The number of benzene rings is 1. The van der Waals surface area contributed by atoms with E-state index in [1.54, 1.807) is 0 Å². The fourth-order valence-electron chi connectivity index (χ4n) is 4.53. The smallest absolute Gasteiger partial charge is 0.222 e. The van der Waals surface area contributed by atoms with Crippen LogP contribution < -0.4 is 0 Å². The molecule has 0 unspecified atom stereocenters. The van der Waals surface area contributed by atoms with Gasteiger partial charge in [0.2, 0.25) is 5.91 Å². The lowest BCUT2D eigenvalue weighted by Gasteiger charge is -2.17. The van der Waals surface area contributed by atoms with Crippen LogP contribution in [0.4, 0.5) is 0 Å². The summed E-state index contributed by atoms with van der Waals surface area (Å²) in [6, 6.07) is 12.2. The van der Waals surface area contributed by atoms with Gasteiger partial charge in [-0.15, -0.1) is 0 Å². The van der Waals surface area contributed by atoms with Crippen LogP contribution in [0, 0.1) is 11.8 Å². The summed E-state index contributed by atoms with van der Waals surface area (Å²) in [5.74, 6) is 1.04. The van der Waals surface area contributed by atoms with Gasteiger partial charge in [-0.2, -0.15) is 0 Å². The molecule has 0 radical (unpaired) electrons. The fraction of sp³-hybridized carbons (Fsp3) is 0.545. The van der Waals surface area contributed by atoms with Crippen LogP contribution in [-0.4, -0.2) is 40.1 Å². The second-order valence-electron chi connectivity index (χ2n) is 8.01. The minimum absolute atomic E-state index is 0.0825. The van der Waals surface area contributed by atoms with Crippen LogP contribution in [0.25, 0.3) is 10.9 Å². The van der Waals surface area contributed by atoms with Crippen LogP contribution in [0.3, 0.4) is 0 Å². The number of fused-ring (bicyclic) bond motifs is 1. The molecule has 4 heteroatoms. The molecule has 2 aliphatic rings. The van der Waals surface area contributed by atoms with Crippen molar-refractivity contribution in [2.24, 2.45) is 11.8 Å². The number of hydrogen-bond donors (Lipinski definition) is 1. The predicted octanol–water partition coefficient (Wildman–Crippen LogP) is 3.57. The molecule has 2 heterocycles. The molecule has 1 aromatic carbocycles. The molecule has 4 nitrogen and oxygen atoms in total. The Bertz CT molecular complexity index is 770. The van der Waals surface area contributed by atoms with Crippen LogP contribution in [0.15, 0.2) is 36.4 Å². The van der Waals surface area contributed by atoms with E-state index in [9.17, 15) is 9.90 Å². The highest BCUT2D eigenvalue weighted by Gasteiger charge is 2.34. The maximum atomic E-state index is 12.5. The first-order valence-corrected chi connectivity index (χ1v) is 9.99. The molecule has 2 fully saturated rings. The summed E-state index contributed by atoms with van der Waals surface area (Å²) in [4.78, 5) is 19.1. The molecule has 2 aromatic rings. The van der Waals surface area contributed by atoms with Crippen LogP contribution in [-0.2, 0) is 11.2 Å². The van der Waals surface area contributed by atoms with Crippen molar-refractivity contribution in [3.8, 4) is 0 Å². The summed E-state index contributed by atoms with van der Waals surface area (Å²) in [6.07, 6.45) is 7.14. The molecule has 1 aromatic heterocycles. The van der Waals surface area contributed by atoms with E-state index in [1.807, 2.05) is 29.2 Å². The third kappa shape index (κ3) is 3.90. The molecule has 4 rings (SSSR count). The number of aromatic nitrogens is 1. The van der Waals surface area contributed by atoms with Crippen molar-refractivity contribution >= 4 is 16.8 Å². The second-order valence-corrected chi connectivity index (χ2v) is 8.01. The molecule has 1 saturated carbocycles. The van der Waals surface area contributed by atoms with E-state index in [1.165, 1.54) is 25.7 Å². The Balaban J connectivity index is 1.34. The lowest BCUT2D eigenvalue weighted by Crippen LogP contribution is -2.29. The number of hydrogen-bond acceptors (Lipinski definition) is 3. The normalized spacial score (nSPS) is 23.8. The van der Waals surface area contributed by atoms with Gasteiger partial charge in [-0.3, -0.25) is 9.78 Å². The average Bonchev–Trinajstić information content (AvgIpc) is 3.30. The number of rotatable bonds is 5. The standard InChI is InChI=1S/C22H28N2O2/c25-21-15-24(22(26)12-9-16-5-1-2-6-16)14-18(21)13-19-11-10-17-7-3-4-8-20(17)23-19/h3-4,7-8,10-11,16,18,21,25H,1-2,5-6,9,12-15H2/t18-,21-/m1/s1. The van der Waals surface area contributed by atoms with Gasteiger partial charge in [-0.1, -0.05) is 49.9 Å². The third-order valence-electron chi connectivity index (χ3n) is 6.13. The first kappa shape index (κ1) is 17.5. The van der Waals surface area contributed by atoms with E-state index in [4.69, 9.17) is 4.98 Å². The number of carbonyl (C=O) groups is 1. The zero-order valence-corrected chi connectivity index (χ0v) is 15.3. The van der Waals surface area contributed by atoms with Gasteiger partial charge in [0.15, 0.2) is 0 Å². The van der Waals surface area contributed by atoms with Crippen molar-refractivity contribution < 1.29 is 9.90 Å². The van der Waals surface area contributed by atoms with E-state index >= 15 is 0 Å². The van der Waals surface area contributed by atoms with Gasteiger partial charge in [0.25, 0.3) is 0 Å². The summed E-state index contributed by atoms with van der Waals surface area (Å²) >= 11 is 0. The lowest BCUT2D eigenvalue weighted by atomic mass is 9.99. The molecule has 1 N–H and O–H groups in total. The van der Waals surface area contributed by atoms with E-state index < -0.39 is 6.10 Å². The number of β-amino-alcohol motifs (C(OH)–C–C–N with tert-alkyl or cyclic N) is 1. The molecule has 138 valence electrons. The molecule has 0 bridgehead atoms. The SMILES string of the molecule is O=C(CCC1CCCC1)N1C[C@@H](Cc2ccc3ccccc3n2)[C@H](O)C1. The number of nitrogens with zero attached hydrogens (tertiary/aromatic N) is 2. The highest BCUT2D eigenvalue weighted by Crippen LogP contribution is 2.29. The Morgan fingerprint density at radius 2 is 1.92 bits per heavy atom. The average molecular weight is 352 g/mol. The second kappa shape index (κ2) is 7.75. The van der Waals surface area contributed by atoms with Crippen molar-refractivity contribution in [3.63, 3.8) is 0 Å². The number of pyridine rings is 1. The molecular weight excluding hydrogens is 324 g/mol. The highest BCUT2D eigenvalue weighted by atomic mass is 16.3. The van der Waals surface area contributed by atoms with Gasteiger partial charge in [0, 0.05) is 36.5 Å². The molecule has 1 aliphatic heterocycles. The van der Waals surface area contributed by atoms with E-state index in [-0.39, 0.29) is 11.8 Å². The summed E-state index contributed by atoms with van der Waals surface area (Å²) in [5.41, 5.74) is 1.98. The van der Waals surface area contributed by atoms with Gasteiger partial charge in [-0.25, -0.2) is 0 Å². The van der Waals surface area contributed by atoms with Crippen LogP contribution in [0.2, 0.25) is 0 Å². The summed E-state index contributed by atoms with van der Waals surface area (Å²) in [6.45, 7) is 1.13. The number of aliphatic hydroxyl groups is 1. The summed E-state index contributed by atoms with van der Waals surface area (Å²) < 4.78 is 0. The van der Waals surface area contributed by atoms with Gasteiger partial charge in [-0.05, 0) is 30.9 Å². The summed E-state index contributed by atoms with van der Waals surface area (Å²) in [7, 11) is 0. The van der Waals surface area contributed by atoms with Gasteiger partial charge < -0.3 is 10.0 Å². The number of para-hydroxylation sites is 1. The monoisotopic (exact) mass is 352 g/mol. The van der Waals surface area contributed by atoms with Crippen molar-refractivity contribution in [1.82, 2.24) is 9.88 Å². The maximum absolute atomic E-state index is 12.5. The molecule has 2 atom stereocenters. The third-order valence-corrected chi connectivity index (χ3v) is 6.13. The predicted molar refractivity (Wildman–Crippen MR) is 103 cm³/mol. The van der Waals surface area contributed by atoms with Crippen molar-refractivity contribution in [1.29, 1.82) is 0 Å². The Kier molecular flexibility index (Phi) is 5.21. The highest BCUT2D eigenvalue weighted by molar-refractivity contribution is 5.78. The zero-order valence-electron chi connectivity index (χ0n) is 15.3. The largest absolute Gasteiger partial charge is 0.391 e. The van der Waals surface area contributed by atoms with E-state index in [2.05, 4.69) is 12.1 Å². The molecule has 26 heavy (non-hydrogen) atoms. The Morgan fingerprint density at radius 3 is 2.77 bits per heavy atom. The minimum Gasteiger partial charge on any atom is -0.391 e. The minimum atomic E-state index is -0.446. The molecule has 1 amide bonds. The van der Waals surface area contributed by atoms with Crippen LogP contribution in [0.5, 0.6) is 0 Å². The number of amides is 1. The molecule has 1 aliphatic carbocycles. The van der Waals surface area contributed by atoms with Gasteiger partial charge in [0.05, 0.1) is 11.6 Å². The fourth-order valence-corrected chi connectivity index (χ4v) is 4.53. The van der Waals surface area contributed by atoms with Crippen LogP contribution in [0.1, 0.15) is 44.2 Å². The quantitative estimate of drug-likeness (QED) is 0.895. The Hall–Kier alpha value is -1.94. The first-order chi connectivity index (χ1) is 12.7. The molecule has 1 saturated heterocycles. The van der Waals surface area contributed by atoms with Crippen LogP contribution >= 0.6 is 0 Å². The van der Waals surface area contributed by atoms with E-state index in [0.717, 1.165) is 35.4 Å². The number of likely N-dealkylation sites (tertiary alicyclic amines) is 1. The topological polar surface area (TPSA) is 53.4 Å². The van der Waals surface area contributed by atoms with Crippen molar-refractivity contribution in [2.45, 2.75) is 51.0 Å². The van der Waals surface area contributed by atoms with E-state index in [0.29, 0.717) is 19.5 Å². The molecule has 0 spiro atoms.